The fourth-order valence-corrected chi connectivity index (χ4v) is 3.30. The van der Waals surface area contributed by atoms with E-state index in [1.807, 2.05) is 13.8 Å². The number of H-pyrrole nitrogens is 1. The number of aryl methyl sites for hydroxylation is 1. The van der Waals surface area contributed by atoms with Gasteiger partial charge in [0.25, 0.3) is 5.91 Å². The van der Waals surface area contributed by atoms with E-state index in [0.717, 1.165) is 30.5 Å². The number of carbonyl (C=O) groups is 1. The third-order valence-electron chi connectivity index (χ3n) is 4.63. The molecule has 0 saturated carbocycles. The Morgan fingerprint density at radius 2 is 2.21 bits per heavy atom. The number of morpholine rings is 1. The molecule has 2 aliphatic rings. The lowest BCUT2D eigenvalue weighted by atomic mass is 10.1. The standard InChI is InChI=1S/C16H21N5O3/c1-9(2)14-19-20-15(24-14)12-8-23-7-6-21(12)16(22)13-10-4-3-5-11(10)17-18-13/h9,12H,3-8H2,1-2H3,(H,17,18)/t12-/m0/s1. The van der Waals surface area contributed by atoms with E-state index in [1.54, 1.807) is 4.90 Å². The maximum atomic E-state index is 13.0. The van der Waals surface area contributed by atoms with Gasteiger partial charge in [-0.25, -0.2) is 0 Å². The molecule has 1 fully saturated rings. The van der Waals surface area contributed by atoms with Crippen molar-refractivity contribution in [2.75, 3.05) is 19.8 Å². The van der Waals surface area contributed by atoms with E-state index < -0.39 is 0 Å². The van der Waals surface area contributed by atoms with Gasteiger partial charge >= 0.3 is 0 Å². The van der Waals surface area contributed by atoms with E-state index in [-0.39, 0.29) is 17.9 Å². The van der Waals surface area contributed by atoms with Crippen LogP contribution in [0.1, 0.15) is 65.8 Å². The number of aromatic amines is 1. The summed E-state index contributed by atoms with van der Waals surface area (Å²) in [5.74, 6) is 1.06. The number of hydrogen-bond donors (Lipinski definition) is 1. The van der Waals surface area contributed by atoms with Crippen LogP contribution in [0.4, 0.5) is 0 Å². The highest BCUT2D eigenvalue weighted by atomic mass is 16.5. The number of fused-ring (bicyclic) bond motifs is 1. The summed E-state index contributed by atoms with van der Waals surface area (Å²) in [6, 6.07) is -0.361. The summed E-state index contributed by atoms with van der Waals surface area (Å²) in [5.41, 5.74) is 2.67. The van der Waals surface area contributed by atoms with Gasteiger partial charge in [0.05, 0.1) is 13.2 Å². The second kappa shape index (κ2) is 6.01. The van der Waals surface area contributed by atoms with E-state index in [0.29, 0.717) is 37.2 Å². The summed E-state index contributed by atoms with van der Waals surface area (Å²) in [6.07, 6.45) is 2.93. The van der Waals surface area contributed by atoms with Gasteiger partial charge in [-0.3, -0.25) is 9.89 Å². The zero-order valence-electron chi connectivity index (χ0n) is 13.9. The quantitative estimate of drug-likeness (QED) is 0.918. The van der Waals surface area contributed by atoms with Crippen molar-refractivity contribution in [3.63, 3.8) is 0 Å². The molecule has 2 aromatic rings. The largest absolute Gasteiger partial charge is 0.423 e. The molecule has 3 heterocycles. The average Bonchev–Trinajstić information content (AvgIpc) is 3.30. The van der Waals surface area contributed by atoms with Crippen molar-refractivity contribution < 1.29 is 13.9 Å². The summed E-state index contributed by atoms with van der Waals surface area (Å²) in [5, 5.41) is 15.5. The zero-order chi connectivity index (χ0) is 16.7. The number of amides is 1. The summed E-state index contributed by atoms with van der Waals surface area (Å²) in [4.78, 5) is 14.8. The fraction of sp³-hybridized carbons (Fsp3) is 0.625. The van der Waals surface area contributed by atoms with Crippen LogP contribution in [0.15, 0.2) is 4.42 Å². The first-order valence-corrected chi connectivity index (χ1v) is 8.43. The molecule has 0 radical (unpaired) electrons. The van der Waals surface area contributed by atoms with Gasteiger partial charge in [0.15, 0.2) is 5.69 Å². The number of carbonyl (C=O) groups excluding carboxylic acids is 1. The van der Waals surface area contributed by atoms with E-state index >= 15 is 0 Å². The van der Waals surface area contributed by atoms with Crippen molar-refractivity contribution in [2.24, 2.45) is 0 Å². The van der Waals surface area contributed by atoms with Crippen LogP contribution in [0.2, 0.25) is 0 Å². The molecule has 128 valence electrons. The van der Waals surface area contributed by atoms with E-state index in [2.05, 4.69) is 20.4 Å². The first kappa shape index (κ1) is 15.3. The minimum Gasteiger partial charge on any atom is -0.423 e. The molecule has 1 N–H and O–H groups in total. The second-order valence-electron chi connectivity index (χ2n) is 6.61. The first-order chi connectivity index (χ1) is 11.6. The normalized spacial score (nSPS) is 20.6. The molecular formula is C16H21N5O3. The molecule has 8 heteroatoms. The topological polar surface area (TPSA) is 97.1 Å². The van der Waals surface area contributed by atoms with Crippen LogP contribution in [0.3, 0.4) is 0 Å². The predicted molar refractivity (Wildman–Crippen MR) is 83.6 cm³/mol. The molecule has 8 nitrogen and oxygen atoms in total. The van der Waals surface area contributed by atoms with Crippen LogP contribution in [-0.2, 0) is 17.6 Å². The van der Waals surface area contributed by atoms with Gasteiger partial charge in [-0.15, -0.1) is 10.2 Å². The maximum absolute atomic E-state index is 13.0. The van der Waals surface area contributed by atoms with Gasteiger partial charge in [0.1, 0.15) is 6.04 Å². The van der Waals surface area contributed by atoms with E-state index in [1.165, 1.54) is 0 Å². The van der Waals surface area contributed by atoms with Crippen molar-refractivity contribution in [2.45, 2.75) is 45.1 Å². The maximum Gasteiger partial charge on any atom is 0.275 e. The van der Waals surface area contributed by atoms with Gasteiger partial charge in [0.2, 0.25) is 11.8 Å². The Kier molecular flexibility index (Phi) is 3.84. The number of nitrogens with one attached hydrogen (secondary N) is 1. The Balaban J connectivity index is 1.62. The highest BCUT2D eigenvalue weighted by Gasteiger charge is 2.36. The van der Waals surface area contributed by atoms with Crippen molar-refractivity contribution in [3.05, 3.63) is 28.7 Å². The molecule has 1 atom stereocenters. The van der Waals surface area contributed by atoms with Gasteiger partial charge in [-0.1, -0.05) is 13.8 Å². The van der Waals surface area contributed by atoms with Crippen LogP contribution in [0.25, 0.3) is 0 Å². The summed E-state index contributed by atoms with van der Waals surface area (Å²) in [6.45, 7) is 5.33. The van der Waals surface area contributed by atoms with Gasteiger partial charge in [-0.05, 0) is 19.3 Å². The van der Waals surface area contributed by atoms with Gasteiger partial charge in [-0.2, -0.15) is 5.10 Å². The molecule has 24 heavy (non-hydrogen) atoms. The summed E-state index contributed by atoms with van der Waals surface area (Å²) in [7, 11) is 0. The van der Waals surface area contributed by atoms with Crippen LogP contribution < -0.4 is 0 Å². The Labute approximate surface area is 139 Å². The highest BCUT2D eigenvalue weighted by Crippen LogP contribution is 2.29. The molecular weight excluding hydrogens is 310 g/mol. The number of rotatable bonds is 3. The molecule has 0 bridgehead atoms. The van der Waals surface area contributed by atoms with Crippen molar-refractivity contribution in [1.82, 2.24) is 25.3 Å². The SMILES string of the molecule is CC(C)c1nnc([C@@H]2COCCN2C(=O)c2n[nH]c3c2CCC3)o1. The molecule has 1 saturated heterocycles. The molecule has 2 aromatic heterocycles. The molecule has 0 spiro atoms. The smallest absolute Gasteiger partial charge is 0.275 e. The molecule has 1 aliphatic carbocycles. The molecule has 0 aromatic carbocycles. The Hall–Kier alpha value is -2.22. The fourth-order valence-electron chi connectivity index (χ4n) is 3.30. The van der Waals surface area contributed by atoms with Crippen molar-refractivity contribution in [1.29, 1.82) is 0 Å². The first-order valence-electron chi connectivity index (χ1n) is 8.43. The minimum atomic E-state index is -0.361. The summed E-state index contributed by atoms with van der Waals surface area (Å²) < 4.78 is 11.3. The minimum absolute atomic E-state index is 0.0907. The zero-order valence-corrected chi connectivity index (χ0v) is 13.9. The molecule has 4 rings (SSSR count). The number of nitrogens with zero attached hydrogens (tertiary/aromatic N) is 4. The number of ether oxygens (including phenoxy) is 1. The average molecular weight is 331 g/mol. The van der Waals surface area contributed by atoms with Crippen LogP contribution in [0.5, 0.6) is 0 Å². The highest BCUT2D eigenvalue weighted by molar-refractivity contribution is 5.94. The second-order valence-corrected chi connectivity index (χ2v) is 6.61. The predicted octanol–water partition coefficient (Wildman–Crippen LogP) is 1.62. The van der Waals surface area contributed by atoms with Gasteiger partial charge in [0, 0.05) is 23.7 Å². The Bertz CT molecular complexity index is 751. The van der Waals surface area contributed by atoms with E-state index in [4.69, 9.17) is 9.15 Å². The van der Waals surface area contributed by atoms with Gasteiger partial charge < -0.3 is 14.1 Å². The van der Waals surface area contributed by atoms with E-state index in [9.17, 15) is 4.79 Å². The number of aromatic nitrogens is 4. The van der Waals surface area contributed by atoms with Crippen LogP contribution in [-0.4, -0.2) is 51.0 Å². The molecule has 0 unspecified atom stereocenters. The van der Waals surface area contributed by atoms with Crippen LogP contribution in [0, 0.1) is 0 Å². The lowest BCUT2D eigenvalue weighted by Crippen LogP contribution is -2.44. The summed E-state index contributed by atoms with van der Waals surface area (Å²) >= 11 is 0. The molecule has 1 amide bonds. The van der Waals surface area contributed by atoms with Crippen LogP contribution >= 0.6 is 0 Å². The lowest BCUT2D eigenvalue weighted by molar-refractivity contribution is -0.0111. The molecule has 1 aliphatic heterocycles. The third-order valence-corrected chi connectivity index (χ3v) is 4.63. The Morgan fingerprint density at radius 3 is 3.00 bits per heavy atom. The van der Waals surface area contributed by atoms with Crippen molar-refractivity contribution in [3.8, 4) is 0 Å². The number of hydrogen-bond acceptors (Lipinski definition) is 6. The lowest BCUT2D eigenvalue weighted by Gasteiger charge is -2.33. The third kappa shape index (κ3) is 2.50. The monoisotopic (exact) mass is 331 g/mol. The van der Waals surface area contributed by atoms with Crippen molar-refractivity contribution >= 4 is 5.91 Å². The Morgan fingerprint density at radius 1 is 1.33 bits per heavy atom.